The van der Waals surface area contributed by atoms with Gasteiger partial charge in [0, 0.05) is 25.2 Å². The van der Waals surface area contributed by atoms with Crippen LogP contribution in [0.1, 0.15) is 40.2 Å². The van der Waals surface area contributed by atoms with Crippen LogP contribution in [0.2, 0.25) is 5.02 Å². The zero-order valence-corrected chi connectivity index (χ0v) is 16.1. The molecule has 7 nitrogen and oxygen atoms in total. The highest BCUT2D eigenvalue weighted by atomic mass is 35.5. The zero-order valence-electron chi connectivity index (χ0n) is 15.4. The van der Waals surface area contributed by atoms with E-state index in [0.29, 0.717) is 16.5 Å². The van der Waals surface area contributed by atoms with Crippen molar-refractivity contribution in [3.8, 4) is 5.88 Å². The van der Waals surface area contributed by atoms with Gasteiger partial charge in [-0.15, -0.1) is 0 Å². The molecule has 1 N–H and O–H groups in total. The van der Waals surface area contributed by atoms with Crippen molar-refractivity contribution in [2.24, 2.45) is 0 Å². The van der Waals surface area contributed by atoms with Crippen molar-refractivity contribution in [1.29, 1.82) is 0 Å². The van der Waals surface area contributed by atoms with E-state index >= 15 is 0 Å². The predicted molar refractivity (Wildman–Crippen MR) is 94.1 cm³/mol. The first-order chi connectivity index (χ1) is 11.4. The third-order valence-corrected chi connectivity index (χ3v) is 3.29. The molecule has 1 amide bonds. The van der Waals surface area contributed by atoms with Gasteiger partial charge in [0.15, 0.2) is 0 Å². The Kier molecular flexibility index (Phi) is 7.05. The van der Waals surface area contributed by atoms with Gasteiger partial charge in [-0.2, -0.15) is 0 Å². The molecule has 0 bridgehead atoms. The van der Waals surface area contributed by atoms with Crippen LogP contribution in [0.25, 0.3) is 0 Å². The number of carbonyl (C=O) groups excluding carboxylic acids is 1. The van der Waals surface area contributed by atoms with Crippen LogP contribution in [0, 0.1) is 0 Å². The number of hydrogen-bond acceptors (Lipinski definition) is 5. The smallest absolute Gasteiger partial charge is 0.410 e. The number of halogens is 1. The molecule has 8 heteroatoms. The molecule has 0 aliphatic carbocycles. The molecule has 0 spiro atoms. The van der Waals surface area contributed by atoms with E-state index in [9.17, 15) is 14.7 Å². The van der Waals surface area contributed by atoms with E-state index in [1.54, 1.807) is 26.8 Å². The van der Waals surface area contributed by atoms with Crippen LogP contribution in [-0.4, -0.2) is 51.8 Å². The number of aliphatic carboxylic acids is 1. The van der Waals surface area contributed by atoms with Gasteiger partial charge in [-0.25, -0.2) is 14.6 Å². The van der Waals surface area contributed by atoms with Crippen LogP contribution in [0.15, 0.2) is 12.3 Å². The Morgan fingerprint density at radius 3 is 2.44 bits per heavy atom. The maximum Gasteiger partial charge on any atom is 0.410 e. The molecule has 0 radical (unpaired) electrons. The van der Waals surface area contributed by atoms with Gasteiger partial charge in [-0.1, -0.05) is 11.6 Å². The summed E-state index contributed by atoms with van der Waals surface area (Å²) >= 11 is 5.97. The molecular weight excluding hydrogens is 348 g/mol. The lowest BCUT2D eigenvalue weighted by atomic mass is 10.1. The first-order valence-electron chi connectivity index (χ1n) is 7.90. The van der Waals surface area contributed by atoms with Crippen molar-refractivity contribution in [1.82, 2.24) is 9.88 Å². The van der Waals surface area contributed by atoms with Gasteiger partial charge in [0.05, 0.1) is 11.1 Å². The Morgan fingerprint density at radius 2 is 1.96 bits per heavy atom. The Morgan fingerprint density at radius 1 is 1.36 bits per heavy atom. The number of ether oxygens (including phenoxy) is 2. The topological polar surface area (TPSA) is 89.0 Å². The Hall–Kier alpha value is -2.02. The van der Waals surface area contributed by atoms with E-state index in [0.717, 1.165) is 4.90 Å². The lowest BCUT2D eigenvalue weighted by molar-refractivity contribution is -0.142. The second kappa shape index (κ2) is 8.38. The SMILES string of the molecule is CC(C)Oc1ncc(Cl)cc1C[C@@H](C(=O)O)N(C)C(=O)OC(C)(C)C. The second-order valence-electron chi connectivity index (χ2n) is 6.93. The van der Waals surface area contributed by atoms with Crippen LogP contribution in [0.3, 0.4) is 0 Å². The van der Waals surface area contributed by atoms with Gasteiger partial charge in [0.25, 0.3) is 0 Å². The van der Waals surface area contributed by atoms with Crippen molar-refractivity contribution in [2.75, 3.05) is 7.05 Å². The molecule has 0 aliphatic heterocycles. The summed E-state index contributed by atoms with van der Waals surface area (Å²) in [5, 5.41) is 9.91. The monoisotopic (exact) mass is 372 g/mol. The van der Waals surface area contributed by atoms with Crippen LogP contribution < -0.4 is 4.74 Å². The van der Waals surface area contributed by atoms with Gasteiger partial charge in [-0.05, 0) is 40.7 Å². The minimum Gasteiger partial charge on any atom is -0.480 e. The molecule has 0 fully saturated rings. The number of likely N-dealkylation sites (N-methyl/N-ethyl adjacent to an activating group) is 1. The number of amides is 1. The van der Waals surface area contributed by atoms with Gasteiger partial charge in [-0.3, -0.25) is 4.90 Å². The number of hydrogen-bond donors (Lipinski definition) is 1. The Labute approximate surface area is 152 Å². The third-order valence-electron chi connectivity index (χ3n) is 3.09. The summed E-state index contributed by atoms with van der Waals surface area (Å²) in [7, 11) is 1.38. The van der Waals surface area contributed by atoms with Crippen molar-refractivity contribution >= 4 is 23.7 Å². The number of rotatable bonds is 6. The number of aromatic nitrogens is 1. The molecule has 1 aromatic rings. The molecule has 1 aromatic heterocycles. The third kappa shape index (κ3) is 6.78. The molecule has 0 saturated carbocycles. The molecule has 25 heavy (non-hydrogen) atoms. The van der Waals surface area contributed by atoms with Crippen molar-refractivity contribution in [2.45, 2.75) is 58.8 Å². The van der Waals surface area contributed by atoms with E-state index in [1.807, 2.05) is 13.8 Å². The number of pyridine rings is 1. The van der Waals surface area contributed by atoms with Crippen LogP contribution in [0.4, 0.5) is 4.79 Å². The summed E-state index contributed by atoms with van der Waals surface area (Å²) in [6, 6.07) is 0.440. The summed E-state index contributed by atoms with van der Waals surface area (Å²) in [4.78, 5) is 29.0. The highest BCUT2D eigenvalue weighted by molar-refractivity contribution is 6.30. The van der Waals surface area contributed by atoms with Gasteiger partial charge in [0.1, 0.15) is 11.6 Å². The average molecular weight is 373 g/mol. The summed E-state index contributed by atoms with van der Waals surface area (Å²) in [5.74, 6) is -0.868. The highest BCUT2D eigenvalue weighted by Crippen LogP contribution is 2.24. The Balaban J connectivity index is 3.08. The standard InChI is InChI=1S/C17H25ClN2O5/c1-10(2)24-14-11(7-12(18)9-19-14)8-13(15(21)22)20(6)16(23)25-17(3,4)5/h7,9-10,13H,8H2,1-6H3,(H,21,22)/t13-/m0/s1. The summed E-state index contributed by atoms with van der Waals surface area (Å²) in [6.07, 6.45) is 0.553. The van der Waals surface area contributed by atoms with E-state index in [2.05, 4.69) is 4.98 Å². The number of carboxylic acids is 1. The second-order valence-corrected chi connectivity index (χ2v) is 7.37. The predicted octanol–water partition coefficient (Wildman–Crippen LogP) is 3.38. The van der Waals surface area contributed by atoms with Crippen molar-refractivity contribution in [3.63, 3.8) is 0 Å². The fourth-order valence-electron chi connectivity index (χ4n) is 2.00. The van der Waals surface area contributed by atoms with Gasteiger partial charge in [0.2, 0.25) is 5.88 Å². The van der Waals surface area contributed by atoms with E-state index in [1.165, 1.54) is 13.2 Å². The summed E-state index contributed by atoms with van der Waals surface area (Å²) in [5.41, 5.74) is -0.221. The molecule has 0 saturated heterocycles. The van der Waals surface area contributed by atoms with Gasteiger partial charge >= 0.3 is 12.1 Å². The lowest BCUT2D eigenvalue weighted by Gasteiger charge is -2.28. The largest absolute Gasteiger partial charge is 0.480 e. The fraction of sp³-hybridized carbons (Fsp3) is 0.588. The highest BCUT2D eigenvalue weighted by Gasteiger charge is 2.31. The van der Waals surface area contributed by atoms with E-state index in [-0.39, 0.29) is 12.5 Å². The minimum absolute atomic E-state index is 0.0132. The number of carbonyl (C=O) groups is 2. The number of carboxylic acid groups (broad SMARTS) is 1. The quantitative estimate of drug-likeness (QED) is 0.823. The zero-order chi connectivity index (χ0) is 19.4. The van der Waals surface area contributed by atoms with Crippen LogP contribution in [-0.2, 0) is 16.0 Å². The lowest BCUT2D eigenvalue weighted by Crippen LogP contribution is -2.46. The molecule has 0 aliphatic rings. The minimum atomic E-state index is -1.16. The maximum absolute atomic E-state index is 12.2. The first-order valence-corrected chi connectivity index (χ1v) is 8.28. The van der Waals surface area contributed by atoms with E-state index in [4.69, 9.17) is 21.1 Å². The van der Waals surface area contributed by atoms with Gasteiger partial charge < -0.3 is 14.6 Å². The van der Waals surface area contributed by atoms with Crippen LogP contribution >= 0.6 is 11.6 Å². The number of nitrogens with zero attached hydrogens (tertiary/aromatic N) is 2. The molecule has 0 aromatic carbocycles. The molecule has 1 rings (SSSR count). The fourth-order valence-corrected chi connectivity index (χ4v) is 2.18. The normalized spacial score (nSPS) is 12.6. The molecule has 140 valence electrons. The van der Waals surface area contributed by atoms with Crippen molar-refractivity contribution < 1.29 is 24.2 Å². The maximum atomic E-state index is 12.2. The van der Waals surface area contributed by atoms with Crippen molar-refractivity contribution in [3.05, 3.63) is 22.8 Å². The van der Waals surface area contributed by atoms with E-state index < -0.39 is 23.7 Å². The summed E-state index contributed by atoms with van der Waals surface area (Å²) in [6.45, 7) is 8.81. The summed E-state index contributed by atoms with van der Waals surface area (Å²) < 4.78 is 10.8. The molecule has 1 heterocycles. The molecular formula is C17H25ClN2O5. The molecule has 0 unspecified atom stereocenters. The average Bonchev–Trinajstić information content (AvgIpc) is 2.44. The first kappa shape index (κ1) is 21.0. The Bertz CT molecular complexity index is 628. The van der Waals surface area contributed by atoms with Crippen LogP contribution in [0.5, 0.6) is 5.88 Å². The molecule has 1 atom stereocenters.